The van der Waals surface area contributed by atoms with Crippen molar-refractivity contribution in [3.05, 3.63) is 35.4 Å². The molecule has 0 bridgehead atoms. The van der Waals surface area contributed by atoms with Gasteiger partial charge in [-0.25, -0.2) is 0 Å². The van der Waals surface area contributed by atoms with Gasteiger partial charge in [0, 0.05) is 0 Å². The van der Waals surface area contributed by atoms with E-state index in [-0.39, 0.29) is 0 Å². The lowest BCUT2D eigenvalue weighted by Crippen LogP contribution is -1.89. The summed E-state index contributed by atoms with van der Waals surface area (Å²) >= 11 is 0. The Morgan fingerprint density at radius 1 is 1.29 bits per heavy atom. The summed E-state index contributed by atoms with van der Waals surface area (Å²) < 4.78 is 5.23. The highest BCUT2D eigenvalue weighted by molar-refractivity contribution is 5.76. The van der Waals surface area contributed by atoms with Crippen LogP contribution in [0.5, 0.6) is 5.75 Å². The zero-order chi connectivity index (χ0) is 9.54. The number of methoxy groups -OCH3 is 1. The molecular weight excluding hydrogens is 172 g/mol. The van der Waals surface area contributed by atoms with Crippen molar-refractivity contribution >= 4 is 5.57 Å². The van der Waals surface area contributed by atoms with Gasteiger partial charge in [-0.1, -0.05) is 12.1 Å². The minimum atomic E-state index is 0.865. The van der Waals surface area contributed by atoms with E-state index in [0.717, 1.165) is 18.1 Å². The van der Waals surface area contributed by atoms with Crippen LogP contribution in [0.25, 0.3) is 5.57 Å². The van der Waals surface area contributed by atoms with E-state index in [1.54, 1.807) is 12.7 Å². The fourth-order valence-electron chi connectivity index (χ4n) is 2.26. The molecule has 0 radical (unpaired) electrons. The second kappa shape index (κ2) is 2.88. The second-order valence-electron chi connectivity index (χ2n) is 4.16. The minimum Gasteiger partial charge on any atom is -0.497 e. The van der Waals surface area contributed by atoms with Crippen LogP contribution in [-0.4, -0.2) is 7.11 Å². The Kier molecular flexibility index (Phi) is 1.66. The van der Waals surface area contributed by atoms with Crippen LogP contribution >= 0.6 is 0 Å². The molecule has 0 aromatic heterocycles. The summed E-state index contributed by atoms with van der Waals surface area (Å²) in [6, 6.07) is 6.45. The lowest BCUT2D eigenvalue weighted by molar-refractivity contribution is 0.414. The fraction of sp³-hybridized carbons (Fsp3) is 0.385. The van der Waals surface area contributed by atoms with Crippen LogP contribution in [-0.2, 0) is 6.42 Å². The van der Waals surface area contributed by atoms with Gasteiger partial charge >= 0.3 is 0 Å². The Bertz CT molecular complexity index is 400. The molecule has 0 atom stereocenters. The third-order valence-electron chi connectivity index (χ3n) is 3.18. The van der Waals surface area contributed by atoms with Gasteiger partial charge in [0.1, 0.15) is 5.75 Å². The third kappa shape index (κ3) is 1.16. The molecule has 0 saturated heterocycles. The van der Waals surface area contributed by atoms with Gasteiger partial charge < -0.3 is 4.74 Å². The lowest BCUT2D eigenvalue weighted by Gasteiger charge is -2.06. The van der Waals surface area contributed by atoms with Crippen molar-refractivity contribution in [3.63, 3.8) is 0 Å². The van der Waals surface area contributed by atoms with Crippen LogP contribution in [0.4, 0.5) is 0 Å². The molecule has 1 saturated carbocycles. The number of allylic oxidation sites excluding steroid dienone is 2. The quantitative estimate of drug-likeness (QED) is 0.689. The van der Waals surface area contributed by atoms with Gasteiger partial charge in [-0.05, 0) is 54.0 Å². The zero-order valence-corrected chi connectivity index (χ0v) is 8.42. The topological polar surface area (TPSA) is 9.23 Å². The molecule has 1 aromatic rings. The molecule has 14 heavy (non-hydrogen) atoms. The molecular formula is C13H14O. The van der Waals surface area contributed by atoms with Gasteiger partial charge in [0.05, 0.1) is 7.11 Å². The summed E-state index contributed by atoms with van der Waals surface area (Å²) in [6.45, 7) is 0. The van der Waals surface area contributed by atoms with E-state index in [2.05, 4.69) is 24.3 Å². The SMILES string of the molecule is COc1ccc2c(c1)CC=C2C1CC1. The Labute approximate surface area is 84.4 Å². The highest BCUT2D eigenvalue weighted by Crippen LogP contribution is 2.46. The Hall–Kier alpha value is -1.24. The summed E-state index contributed by atoms with van der Waals surface area (Å²) in [5, 5.41) is 0. The highest BCUT2D eigenvalue weighted by atomic mass is 16.5. The molecule has 0 N–H and O–H groups in total. The summed E-state index contributed by atoms with van der Waals surface area (Å²) in [5.74, 6) is 1.85. The normalized spacial score (nSPS) is 19.1. The predicted octanol–water partition coefficient (Wildman–Crippen LogP) is 3.04. The van der Waals surface area contributed by atoms with Crippen molar-refractivity contribution in [1.29, 1.82) is 0 Å². The fourth-order valence-corrected chi connectivity index (χ4v) is 2.26. The first-order valence-electron chi connectivity index (χ1n) is 5.26. The monoisotopic (exact) mass is 186 g/mol. The molecule has 0 unspecified atom stereocenters. The number of hydrogen-bond acceptors (Lipinski definition) is 1. The summed E-state index contributed by atoms with van der Waals surface area (Å²) in [4.78, 5) is 0. The first kappa shape index (κ1) is 8.10. The van der Waals surface area contributed by atoms with Gasteiger partial charge in [-0.2, -0.15) is 0 Å². The number of hydrogen-bond donors (Lipinski definition) is 0. The number of benzene rings is 1. The van der Waals surface area contributed by atoms with E-state index in [1.807, 2.05) is 0 Å². The maximum Gasteiger partial charge on any atom is 0.119 e. The molecule has 1 heteroatoms. The van der Waals surface area contributed by atoms with Crippen molar-refractivity contribution in [2.24, 2.45) is 5.92 Å². The molecule has 0 aliphatic heterocycles. The molecule has 2 aliphatic carbocycles. The van der Waals surface area contributed by atoms with Crippen LogP contribution in [0.2, 0.25) is 0 Å². The number of rotatable bonds is 2. The predicted molar refractivity (Wildman–Crippen MR) is 57.4 cm³/mol. The number of ether oxygens (including phenoxy) is 1. The first-order valence-corrected chi connectivity index (χ1v) is 5.26. The average molecular weight is 186 g/mol. The maximum atomic E-state index is 5.23. The zero-order valence-electron chi connectivity index (χ0n) is 8.42. The van der Waals surface area contributed by atoms with Crippen molar-refractivity contribution < 1.29 is 4.74 Å². The van der Waals surface area contributed by atoms with Crippen molar-refractivity contribution in [2.45, 2.75) is 19.3 Å². The van der Waals surface area contributed by atoms with E-state index >= 15 is 0 Å². The molecule has 1 aromatic carbocycles. The van der Waals surface area contributed by atoms with Crippen LogP contribution in [0, 0.1) is 5.92 Å². The molecule has 3 rings (SSSR count). The van der Waals surface area contributed by atoms with Crippen molar-refractivity contribution in [1.82, 2.24) is 0 Å². The van der Waals surface area contributed by atoms with E-state index < -0.39 is 0 Å². The Morgan fingerprint density at radius 3 is 2.86 bits per heavy atom. The molecule has 0 spiro atoms. The van der Waals surface area contributed by atoms with E-state index in [4.69, 9.17) is 4.74 Å². The van der Waals surface area contributed by atoms with Gasteiger partial charge in [-0.15, -0.1) is 0 Å². The summed E-state index contributed by atoms with van der Waals surface area (Å²) in [6.07, 6.45) is 6.26. The third-order valence-corrected chi connectivity index (χ3v) is 3.18. The molecule has 72 valence electrons. The van der Waals surface area contributed by atoms with Gasteiger partial charge in [0.25, 0.3) is 0 Å². The number of fused-ring (bicyclic) bond motifs is 1. The highest BCUT2D eigenvalue weighted by Gasteiger charge is 2.30. The molecule has 0 amide bonds. The maximum absolute atomic E-state index is 5.23. The van der Waals surface area contributed by atoms with Crippen LogP contribution in [0.3, 0.4) is 0 Å². The van der Waals surface area contributed by atoms with Gasteiger partial charge in [-0.3, -0.25) is 0 Å². The molecule has 1 nitrogen and oxygen atoms in total. The molecule has 1 fully saturated rings. The first-order chi connectivity index (χ1) is 6.88. The van der Waals surface area contributed by atoms with Gasteiger partial charge in [0.2, 0.25) is 0 Å². The molecule has 0 heterocycles. The second-order valence-corrected chi connectivity index (χ2v) is 4.16. The summed E-state index contributed by atoms with van der Waals surface area (Å²) in [5.41, 5.74) is 4.49. The van der Waals surface area contributed by atoms with Crippen LogP contribution in [0.15, 0.2) is 24.3 Å². The largest absolute Gasteiger partial charge is 0.497 e. The van der Waals surface area contributed by atoms with Crippen LogP contribution < -0.4 is 4.74 Å². The lowest BCUT2D eigenvalue weighted by atomic mass is 10.0. The Morgan fingerprint density at radius 2 is 2.14 bits per heavy atom. The van der Waals surface area contributed by atoms with Crippen molar-refractivity contribution in [2.75, 3.05) is 7.11 Å². The van der Waals surface area contributed by atoms with E-state index in [1.165, 1.54) is 24.0 Å². The average Bonchev–Trinajstić information content (AvgIpc) is 2.98. The van der Waals surface area contributed by atoms with Gasteiger partial charge in [0.15, 0.2) is 0 Å². The van der Waals surface area contributed by atoms with Crippen molar-refractivity contribution in [3.8, 4) is 5.75 Å². The van der Waals surface area contributed by atoms with Crippen LogP contribution in [0.1, 0.15) is 24.0 Å². The summed E-state index contributed by atoms with van der Waals surface area (Å²) in [7, 11) is 1.73. The van der Waals surface area contributed by atoms with E-state index in [9.17, 15) is 0 Å². The standard InChI is InChI=1S/C13H14O/c1-14-11-5-7-13-10(8-11)4-6-12(13)9-2-3-9/h5-9H,2-4H2,1H3. The molecule has 2 aliphatic rings. The van der Waals surface area contributed by atoms with E-state index in [0.29, 0.717) is 0 Å². The minimum absolute atomic E-state index is 0.865. The smallest absolute Gasteiger partial charge is 0.119 e. The Balaban J connectivity index is 2.00.